The van der Waals surface area contributed by atoms with Crippen LogP contribution in [0, 0.1) is 13.8 Å². The lowest BCUT2D eigenvalue weighted by molar-refractivity contribution is 0.153. The monoisotopic (exact) mass is 369 g/mol. The second-order valence-electron chi connectivity index (χ2n) is 6.27. The molecule has 1 unspecified atom stereocenters. The van der Waals surface area contributed by atoms with Gasteiger partial charge < -0.3 is 9.47 Å². The van der Waals surface area contributed by atoms with Crippen LogP contribution in [0.1, 0.15) is 30.8 Å². The highest BCUT2D eigenvalue weighted by molar-refractivity contribution is 5.87. The minimum absolute atomic E-state index is 0.135. The van der Waals surface area contributed by atoms with Crippen molar-refractivity contribution in [3.05, 3.63) is 40.2 Å². The lowest BCUT2D eigenvalue weighted by atomic mass is 10.1. The predicted octanol–water partition coefficient (Wildman–Crippen LogP) is 2.47. The van der Waals surface area contributed by atoms with Gasteiger partial charge in [-0.15, -0.1) is 0 Å². The van der Waals surface area contributed by atoms with Crippen LogP contribution in [0.25, 0.3) is 22.4 Å². The lowest BCUT2D eigenvalue weighted by Crippen LogP contribution is -2.30. The number of nitrogens with zero attached hydrogens (tertiary/aromatic N) is 5. The third-order valence-corrected chi connectivity index (χ3v) is 4.56. The van der Waals surface area contributed by atoms with Crippen molar-refractivity contribution in [3.8, 4) is 17.1 Å². The fourth-order valence-electron chi connectivity index (χ4n) is 3.14. The van der Waals surface area contributed by atoms with Crippen molar-refractivity contribution in [2.45, 2.75) is 33.2 Å². The van der Waals surface area contributed by atoms with E-state index in [0.717, 1.165) is 17.7 Å². The molecule has 0 aliphatic heterocycles. The van der Waals surface area contributed by atoms with Crippen LogP contribution in [-0.4, -0.2) is 45.3 Å². The van der Waals surface area contributed by atoms with E-state index >= 15 is 0 Å². The minimum Gasteiger partial charge on any atom is -0.481 e. The molecule has 0 aliphatic carbocycles. The first kappa shape index (κ1) is 18.9. The van der Waals surface area contributed by atoms with Crippen molar-refractivity contribution in [2.24, 2.45) is 0 Å². The molecular weight excluding hydrogens is 346 g/mol. The number of aryl methyl sites for hydroxylation is 2. The molecule has 0 fully saturated rings. The average Bonchev–Trinajstić information content (AvgIpc) is 2.67. The van der Waals surface area contributed by atoms with Gasteiger partial charge in [0.2, 0.25) is 5.88 Å². The summed E-state index contributed by atoms with van der Waals surface area (Å²) in [6.45, 7) is 6.01. The Bertz CT molecular complexity index is 1030. The van der Waals surface area contributed by atoms with Gasteiger partial charge >= 0.3 is 0 Å². The lowest BCUT2D eigenvalue weighted by Gasteiger charge is -2.20. The Morgan fingerprint density at radius 3 is 2.52 bits per heavy atom. The molecule has 8 nitrogen and oxygen atoms in total. The Kier molecular flexibility index (Phi) is 5.46. The van der Waals surface area contributed by atoms with Gasteiger partial charge in [-0.05, 0) is 26.3 Å². The zero-order valence-electron chi connectivity index (χ0n) is 16.2. The maximum Gasteiger partial charge on any atom is 0.273 e. The molecule has 3 aromatic heterocycles. The molecule has 3 rings (SSSR count). The van der Waals surface area contributed by atoms with Crippen molar-refractivity contribution in [2.75, 3.05) is 20.8 Å². The van der Waals surface area contributed by atoms with Crippen molar-refractivity contribution in [3.63, 3.8) is 0 Å². The predicted molar refractivity (Wildman–Crippen MR) is 102 cm³/mol. The van der Waals surface area contributed by atoms with Gasteiger partial charge in [-0.3, -0.25) is 9.36 Å². The molecule has 0 amide bonds. The molecule has 1 atom stereocenters. The Morgan fingerprint density at radius 1 is 1.11 bits per heavy atom. The summed E-state index contributed by atoms with van der Waals surface area (Å²) in [6, 6.07) is 3.53. The number of fused-ring (bicyclic) bond motifs is 1. The number of hydrogen-bond donors (Lipinski definition) is 0. The van der Waals surface area contributed by atoms with E-state index < -0.39 is 0 Å². The Hall–Kier alpha value is -2.87. The third-order valence-electron chi connectivity index (χ3n) is 4.56. The molecule has 0 saturated heterocycles. The SMILES string of the molecule is CCC(COC)n1c(=O)c(C)nc2c(-c3ccc(OC)nc3C)ncnc21. The average molecular weight is 369 g/mol. The molecule has 0 N–H and O–H groups in total. The largest absolute Gasteiger partial charge is 0.481 e. The zero-order chi connectivity index (χ0) is 19.6. The summed E-state index contributed by atoms with van der Waals surface area (Å²) in [5, 5.41) is 0. The first-order valence-corrected chi connectivity index (χ1v) is 8.76. The van der Waals surface area contributed by atoms with Gasteiger partial charge in [-0.25, -0.2) is 19.9 Å². The van der Waals surface area contributed by atoms with Gasteiger partial charge in [-0.1, -0.05) is 6.92 Å². The molecule has 0 aromatic carbocycles. The van der Waals surface area contributed by atoms with Crippen LogP contribution in [0.3, 0.4) is 0 Å². The van der Waals surface area contributed by atoms with E-state index in [1.165, 1.54) is 6.33 Å². The summed E-state index contributed by atoms with van der Waals surface area (Å²) in [7, 11) is 3.20. The Morgan fingerprint density at radius 2 is 1.89 bits per heavy atom. The van der Waals surface area contributed by atoms with Crippen LogP contribution < -0.4 is 10.3 Å². The Labute approximate surface area is 157 Å². The van der Waals surface area contributed by atoms with E-state index in [-0.39, 0.29) is 11.6 Å². The number of pyridine rings is 1. The number of aromatic nitrogens is 5. The van der Waals surface area contributed by atoms with Gasteiger partial charge in [0.25, 0.3) is 5.56 Å². The van der Waals surface area contributed by atoms with Crippen molar-refractivity contribution in [1.29, 1.82) is 0 Å². The molecule has 0 aliphatic rings. The molecule has 8 heteroatoms. The fourth-order valence-corrected chi connectivity index (χ4v) is 3.14. The first-order valence-electron chi connectivity index (χ1n) is 8.76. The van der Waals surface area contributed by atoms with E-state index in [9.17, 15) is 4.79 Å². The van der Waals surface area contributed by atoms with Gasteiger partial charge in [0.1, 0.15) is 23.2 Å². The molecule has 3 aromatic rings. The molecule has 0 radical (unpaired) electrons. The smallest absolute Gasteiger partial charge is 0.273 e. The van der Waals surface area contributed by atoms with Crippen molar-refractivity contribution in [1.82, 2.24) is 24.5 Å². The summed E-state index contributed by atoms with van der Waals surface area (Å²) in [4.78, 5) is 30.6. The van der Waals surface area contributed by atoms with Crippen LogP contribution in [0.4, 0.5) is 0 Å². The summed E-state index contributed by atoms with van der Waals surface area (Å²) >= 11 is 0. The fraction of sp³-hybridized carbons (Fsp3) is 0.421. The van der Waals surface area contributed by atoms with Crippen LogP contribution >= 0.6 is 0 Å². The van der Waals surface area contributed by atoms with E-state index in [2.05, 4.69) is 19.9 Å². The van der Waals surface area contributed by atoms with Gasteiger partial charge in [0.05, 0.1) is 25.5 Å². The minimum atomic E-state index is -0.166. The molecule has 0 spiro atoms. The van der Waals surface area contributed by atoms with Crippen LogP contribution in [0.5, 0.6) is 5.88 Å². The maximum atomic E-state index is 12.8. The second-order valence-corrected chi connectivity index (χ2v) is 6.27. The zero-order valence-corrected chi connectivity index (χ0v) is 16.2. The van der Waals surface area contributed by atoms with Crippen molar-refractivity contribution < 1.29 is 9.47 Å². The molecule has 142 valence electrons. The molecule has 27 heavy (non-hydrogen) atoms. The summed E-state index contributed by atoms with van der Waals surface area (Å²) in [5.74, 6) is 0.529. The van der Waals surface area contributed by atoms with Gasteiger partial charge in [-0.2, -0.15) is 0 Å². The number of hydrogen-bond acceptors (Lipinski definition) is 7. The summed E-state index contributed by atoms with van der Waals surface area (Å²) in [5.41, 5.74) is 3.51. The quantitative estimate of drug-likeness (QED) is 0.659. The molecule has 0 saturated carbocycles. The van der Waals surface area contributed by atoms with E-state index in [0.29, 0.717) is 35.0 Å². The summed E-state index contributed by atoms with van der Waals surface area (Å²) < 4.78 is 12.2. The summed E-state index contributed by atoms with van der Waals surface area (Å²) in [6.07, 6.45) is 2.18. The molecular formula is C19H23N5O3. The van der Waals surface area contributed by atoms with Gasteiger partial charge in [0.15, 0.2) is 5.65 Å². The highest BCUT2D eigenvalue weighted by atomic mass is 16.5. The first-order chi connectivity index (χ1) is 13.0. The third kappa shape index (κ3) is 3.40. The number of methoxy groups -OCH3 is 2. The second kappa shape index (κ2) is 7.79. The molecule has 3 heterocycles. The van der Waals surface area contributed by atoms with Crippen LogP contribution in [0.15, 0.2) is 23.3 Å². The van der Waals surface area contributed by atoms with E-state index in [4.69, 9.17) is 9.47 Å². The highest BCUT2D eigenvalue weighted by Gasteiger charge is 2.20. The standard InChI is InChI=1S/C19H23N5O3/c1-6-13(9-26-4)24-18-17(23-12(3)19(24)25)16(20-10-21-18)14-7-8-15(27-5)22-11(14)2/h7-8,10,13H,6,9H2,1-5H3. The van der Waals surface area contributed by atoms with E-state index in [1.807, 2.05) is 19.9 Å². The normalized spacial score (nSPS) is 12.3. The molecule has 0 bridgehead atoms. The maximum absolute atomic E-state index is 12.8. The topological polar surface area (TPSA) is 92.0 Å². The van der Waals surface area contributed by atoms with E-state index in [1.54, 1.807) is 31.8 Å². The highest BCUT2D eigenvalue weighted by Crippen LogP contribution is 2.28. The Balaban J connectivity index is 2.32. The number of ether oxygens (including phenoxy) is 2. The number of rotatable bonds is 6. The van der Waals surface area contributed by atoms with Crippen molar-refractivity contribution >= 4 is 11.2 Å². The van der Waals surface area contributed by atoms with Crippen LogP contribution in [0.2, 0.25) is 0 Å². The van der Waals surface area contributed by atoms with Crippen LogP contribution in [-0.2, 0) is 4.74 Å². The van der Waals surface area contributed by atoms with Gasteiger partial charge in [0, 0.05) is 18.7 Å².